The normalized spacial score (nSPS) is 10.3. The van der Waals surface area contributed by atoms with Crippen LogP contribution in [0.3, 0.4) is 0 Å². The maximum absolute atomic E-state index is 11.7. The van der Waals surface area contributed by atoms with Crippen molar-refractivity contribution in [2.75, 3.05) is 26.8 Å². The minimum atomic E-state index is -0.0356. The highest BCUT2D eigenvalue weighted by atomic mass is 16.5. The minimum absolute atomic E-state index is 0.0197. The lowest BCUT2D eigenvalue weighted by atomic mass is 10.1. The molecule has 0 radical (unpaired) electrons. The molecule has 1 rings (SSSR count). The minimum Gasteiger partial charge on any atom is -0.385 e. The van der Waals surface area contributed by atoms with Gasteiger partial charge in [-0.25, -0.2) is 0 Å². The summed E-state index contributed by atoms with van der Waals surface area (Å²) in [6, 6.07) is 8.05. The van der Waals surface area contributed by atoms with Gasteiger partial charge in [0.1, 0.15) is 0 Å². The number of benzene rings is 1. The van der Waals surface area contributed by atoms with Gasteiger partial charge in [0.05, 0.1) is 0 Å². The number of ether oxygens (including phenoxy) is 1. The number of methoxy groups -OCH3 is 1. The van der Waals surface area contributed by atoms with Crippen molar-refractivity contribution in [1.82, 2.24) is 10.2 Å². The van der Waals surface area contributed by atoms with Crippen LogP contribution in [0.1, 0.15) is 30.9 Å². The van der Waals surface area contributed by atoms with Gasteiger partial charge < -0.3 is 15.0 Å². The molecule has 0 aliphatic rings. The van der Waals surface area contributed by atoms with Gasteiger partial charge in [0.2, 0.25) is 11.8 Å². The molecule has 0 fully saturated rings. The molecule has 2 amide bonds. The third-order valence-electron chi connectivity index (χ3n) is 3.36. The van der Waals surface area contributed by atoms with Crippen LogP contribution in [-0.4, -0.2) is 43.5 Å². The molecule has 0 saturated carbocycles. The predicted molar refractivity (Wildman–Crippen MR) is 86.4 cm³/mol. The zero-order valence-electron chi connectivity index (χ0n) is 13.7. The van der Waals surface area contributed by atoms with E-state index in [0.29, 0.717) is 32.7 Å². The van der Waals surface area contributed by atoms with E-state index < -0.39 is 0 Å². The number of rotatable bonds is 9. The quantitative estimate of drug-likeness (QED) is 0.709. The topological polar surface area (TPSA) is 58.6 Å². The summed E-state index contributed by atoms with van der Waals surface area (Å²) >= 11 is 0. The van der Waals surface area contributed by atoms with Gasteiger partial charge in [-0.15, -0.1) is 0 Å². The molecule has 0 bridgehead atoms. The lowest BCUT2D eigenvalue weighted by Crippen LogP contribution is -2.34. The third kappa shape index (κ3) is 7.22. The first-order valence-electron chi connectivity index (χ1n) is 7.59. The summed E-state index contributed by atoms with van der Waals surface area (Å²) in [5.74, 6) is -0.0553. The fourth-order valence-electron chi connectivity index (χ4n) is 2.15. The Morgan fingerprint density at radius 3 is 2.73 bits per heavy atom. The summed E-state index contributed by atoms with van der Waals surface area (Å²) in [7, 11) is 1.64. The molecule has 0 aromatic heterocycles. The SMILES string of the molecule is COCCCNC(=O)CCN(Cc1cccc(C)c1)C(C)=O. The summed E-state index contributed by atoms with van der Waals surface area (Å²) in [6.45, 7) is 5.76. The van der Waals surface area contributed by atoms with Gasteiger partial charge in [0, 0.05) is 46.7 Å². The van der Waals surface area contributed by atoms with Crippen LogP contribution in [0.25, 0.3) is 0 Å². The van der Waals surface area contributed by atoms with Gasteiger partial charge in [0.25, 0.3) is 0 Å². The molecule has 0 saturated heterocycles. The van der Waals surface area contributed by atoms with E-state index >= 15 is 0 Å². The Kier molecular flexibility index (Phi) is 8.22. The average Bonchev–Trinajstić information content (AvgIpc) is 2.47. The van der Waals surface area contributed by atoms with Gasteiger partial charge in [0.15, 0.2) is 0 Å². The molecule has 0 unspecified atom stereocenters. The highest BCUT2D eigenvalue weighted by molar-refractivity contribution is 5.78. The first-order valence-corrected chi connectivity index (χ1v) is 7.59. The van der Waals surface area contributed by atoms with Crippen LogP contribution in [0.2, 0.25) is 0 Å². The van der Waals surface area contributed by atoms with Crippen LogP contribution in [0.15, 0.2) is 24.3 Å². The second-order valence-corrected chi connectivity index (χ2v) is 5.38. The third-order valence-corrected chi connectivity index (χ3v) is 3.36. The van der Waals surface area contributed by atoms with E-state index in [1.807, 2.05) is 25.1 Å². The Morgan fingerprint density at radius 2 is 2.09 bits per heavy atom. The number of hydrogen-bond acceptors (Lipinski definition) is 3. The number of nitrogens with zero attached hydrogens (tertiary/aromatic N) is 1. The van der Waals surface area contributed by atoms with Gasteiger partial charge in [-0.05, 0) is 18.9 Å². The van der Waals surface area contributed by atoms with Crippen LogP contribution in [-0.2, 0) is 20.9 Å². The maximum Gasteiger partial charge on any atom is 0.221 e. The molecule has 5 nitrogen and oxygen atoms in total. The number of hydrogen-bond donors (Lipinski definition) is 1. The number of nitrogens with one attached hydrogen (secondary N) is 1. The van der Waals surface area contributed by atoms with E-state index in [0.717, 1.165) is 17.5 Å². The largest absolute Gasteiger partial charge is 0.385 e. The smallest absolute Gasteiger partial charge is 0.221 e. The van der Waals surface area contributed by atoms with E-state index in [9.17, 15) is 9.59 Å². The van der Waals surface area contributed by atoms with E-state index in [-0.39, 0.29) is 11.8 Å². The monoisotopic (exact) mass is 306 g/mol. The standard InChI is InChI=1S/C17H26N2O3/c1-14-6-4-7-16(12-14)13-19(15(2)20)10-8-17(21)18-9-5-11-22-3/h4,6-7,12H,5,8-11,13H2,1-3H3,(H,18,21). The van der Waals surface area contributed by atoms with Crippen molar-refractivity contribution >= 4 is 11.8 Å². The molecule has 5 heteroatoms. The number of aryl methyl sites for hydroxylation is 1. The lowest BCUT2D eigenvalue weighted by molar-refractivity contribution is -0.130. The summed E-state index contributed by atoms with van der Waals surface area (Å²) in [5.41, 5.74) is 2.24. The second-order valence-electron chi connectivity index (χ2n) is 5.38. The Balaban J connectivity index is 2.41. The van der Waals surface area contributed by atoms with Crippen molar-refractivity contribution < 1.29 is 14.3 Å². The van der Waals surface area contributed by atoms with E-state index in [1.54, 1.807) is 12.0 Å². The van der Waals surface area contributed by atoms with Crippen molar-refractivity contribution in [2.24, 2.45) is 0 Å². The molecular weight excluding hydrogens is 280 g/mol. The highest BCUT2D eigenvalue weighted by Gasteiger charge is 2.11. The van der Waals surface area contributed by atoms with Gasteiger partial charge >= 0.3 is 0 Å². The number of carbonyl (C=O) groups excluding carboxylic acids is 2. The summed E-state index contributed by atoms with van der Waals surface area (Å²) in [6.07, 6.45) is 1.11. The molecular formula is C17H26N2O3. The van der Waals surface area contributed by atoms with E-state index in [1.165, 1.54) is 6.92 Å². The van der Waals surface area contributed by atoms with Gasteiger partial charge in [-0.2, -0.15) is 0 Å². The first kappa shape index (κ1) is 18.2. The van der Waals surface area contributed by atoms with Crippen molar-refractivity contribution in [3.05, 3.63) is 35.4 Å². The molecule has 0 heterocycles. The molecule has 0 aliphatic heterocycles. The first-order chi connectivity index (χ1) is 10.5. The second kappa shape index (κ2) is 9.95. The van der Waals surface area contributed by atoms with Crippen molar-refractivity contribution in [3.63, 3.8) is 0 Å². The zero-order chi connectivity index (χ0) is 16.4. The lowest BCUT2D eigenvalue weighted by Gasteiger charge is -2.21. The molecule has 0 aliphatic carbocycles. The number of carbonyl (C=O) groups is 2. The molecule has 0 spiro atoms. The van der Waals surface area contributed by atoms with E-state index in [2.05, 4.69) is 11.4 Å². The van der Waals surface area contributed by atoms with E-state index in [4.69, 9.17) is 4.74 Å². The van der Waals surface area contributed by atoms with Crippen LogP contribution in [0.5, 0.6) is 0 Å². The molecule has 22 heavy (non-hydrogen) atoms. The summed E-state index contributed by atoms with van der Waals surface area (Å²) in [5, 5.41) is 2.83. The molecule has 1 N–H and O–H groups in total. The van der Waals surface area contributed by atoms with Crippen LogP contribution < -0.4 is 5.32 Å². The van der Waals surface area contributed by atoms with Crippen LogP contribution in [0, 0.1) is 6.92 Å². The fraction of sp³-hybridized carbons (Fsp3) is 0.529. The number of amides is 2. The highest BCUT2D eigenvalue weighted by Crippen LogP contribution is 2.08. The average molecular weight is 306 g/mol. The van der Waals surface area contributed by atoms with Crippen molar-refractivity contribution in [2.45, 2.75) is 33.2 Å². The Bertz CT molecular complexity index is 489. The summed E-state index contributed by atoms with van der Waals surface area (Å²) in [4.78, 5) is 25.2. The van der Waals surface area contributed by atoms with Crippen LogP contribution in [0.4, 0.5) is 0 Å². The Morgan fingerprint density at radius 1 is 1.32 bits per heavy atom. The fourth-order valence-corrected chi connectivity index (χ4v) is 2.15. The molecule has 0 atom stereocenters. The maximum atomic E-state index is 11.7. The predicted octanol–water partition coefficient (Wildman–Crippen LogP) is 1.89. The Hall–Kier alpha value is -1.88. The summed E-state index contributed by atoms with van der Waals surface area (Å²) < 4.78 is 4.93. The molecule has 1 aromatic carbocycles. The van der Waals surface area contributed by atoms with Crippen molar-refractivity contribution in [3.8, 4) is 0 Å². The van der Waals surface area contributed by atoms with Gasteiger partial charge in [-0.1, -0.05) is 29.8 Å². The van der Waals surface area contributed by atoms with Crippen LogP contribution >= 0.6 is 0 Å². The molecule has 122 valence electrons. The van der Waals surface area contributed by atoms with Crippen molar-refractivity contribution in [1.29, 1.82) is 0 Å². The molecule has 1 aromatic rings. The van der Waals surface area contributed by atoms with Gasteiger partial charge in [-0.3, -0.25) is 9.59 Å². The zero-order valence-corrected chi connectivity index (χ0v) is 13.7. The Labute approximate surface area is 132 Å².